The number of carbonyl (C=O) groups is 4. The molecule has 0 saturated heterocycles. The molecule has 0 atom stereocenters. The van der Waals surface area contributed by atoms with Gasteiger partial charge < -0.3 is 30.4 Å². The number of hydrogen-bond donors (Lipinski definition) is 6. The second kappa shape index (κ2) is 19.2. The van der Waals surface area contributed by atoms with Gasteiger partial charge in [0.2, 0.25) is 5.91 Å². The third kappa shape index (κ3) is 9.59. The van der Waals surface area contributed by atoms with E-state index in [1.165, 1.54) is 12.1 Å². The van der Waals surface area contributed by atoms with Crippen LogP contribution in [0, 0.1) is 5.82 Å². The van der Waals surface area contributed by atoms with Crippen LogP contribution in [0.15, 0.2) is 109 Å². The normalized spacial score (nSPS) is 10.9. The van der Waals surface area contributed by atoms with Crippen molar-refractivity contribution in [3.63, 3.8) is 0 Å². The predicted molar refractivity (Wildman–Crippen MR) is 244 cm³/mol. The molecule has 66 heavy (non-hydrogen) atoms. The number of anilines is 4. The molecule has 0 aliphatic carbocycles. The number of para-hydroxylation sites is 2. The summed E-state index contributed by atoms with van der Waals surface area (Å²) in [6, 6.07) is 29.7. The lowest BCUT2D eigenvalue weighted by atomic mass is 10.1. The maximum Gasteiger partial charge on any atom is 0.272 e. The van der Waals surface area contributed by atoms with Crippen molar-refractivity contribution in [1.29, 1.82) is 0 Å². The lowest BCUT2D eigenvalue weighted by molar-refractivity contribution is -0.117. The summed E-state index contributed by atoms with van der Waals surface area (Å²) in [4.78, 5) is 50.4. The molecule has 4 heterocycles. The molecule has 0 fully saturated rings. The summed E-state index contributed by atoms with van der Waals surface area (Å²) < 4.78 is 29.1. The van der Waals surface area contributed by atoms with Crippen molar-refractivity contribution in [2.75, 3.05) is 27.9 Å². The van der Waals surface area contributed by atoms with Crippen molar-refractivity contribution >= 4 is 91.4 Å². The molecule has 0 unspecified atom stereocenters. The molecule has 0 aliphatic rings. The van der Waals surface area contributed by atoms with Crippen LogP contribution >= 0.6 is 23.2 Å². The molecule has 18 nitrogen and oxygen atoms in total. The summed E-state index contributed by atoms with van der Waals surface area (Å²) in [5.74, 6) is -1.44. The Balaban J connectivity index is 0.000000182. The van der Waals surface area contributed by atoms with Crippen LogP contribution in [0.5, 0.6) is 0 Å². The summed E-state index contributed by atoms with van der Waals surface area (Å²) in [6.45, 7) is -1.13. The van der Waals surface area contributed by atoms with Gasteiger partial charge in [-0.1, -0.05) is 59.6 Å². The Morgan fingerprint density at radius 1 is 0.591 bits per heavy atom. The van der Waals surface area contributed by atoms with Gasteiger partial charge in [-0.3, -0.25) is 19.2 Å². The minimum atomic E-state index is -1.13. The van der Waals surface area contributed by atoms with Gasteiger partial charge in [-0.05, 0) is 99.2 Å². The highest BCUT2D eigenvalue weighted by Crippen LogP contribution is 2.33. The number of hydrogen-bond acceptors (Lipinski definition) is 10. The van der Waals surface area contributed by atoms with Crippen LogP contribution in [0.4, 0.5) is 31.5 Å². The van der Waals surface area contributed by atoms with Gasteiger partial charge >= 0.3 is 0 Å². The number of benzene rings is 5. The number of fused-ring (bicyclic) bond motifs is 2. The number of alkyl halides is 1. The Morgan fingerprint density at radius 3 is 1.50 bits per heavy atom. The summed E-state index contributed by atoms with van der Waals surface area (Å²) in [7, 11) is 3.43. The largest absolute Gasteiger partial charge is 0.338 e. The number of amides is 4. The van der Waals surface area contributed by atoms with Gasteiger partial charge in [0, 0.05) is 46.0 Å². The molecule has 0 bridgehead atoms. The van der Waals surface area contributed by atoms with E-state index in [1.807, 2.05) is 6.07 Å². The Morgan fingerprint density at radius 2 is 1.06 bits per heavy atom. The summed E-state index contributed by atoms with van der Waals surface area (Å²) in [6.07, 6.45) is 0.0876. The molecule has 22 heteroatoms. The summed E-state index contributed by atoms with van der Waals surface area (Å²) >= 11 is 12.2. The molecule has 0 radical (unpaired) electrons. The van der Waals surface area contributed by atoms with E-state index in [2.05, 4.69) is 62.5 Å². The number of tetrazole rings is 2. The number of aromatic amines is 2. The van der Waals surface area contributed by atoms with Crippen LogP contribution < -0.4 is 21.3 Å². The Kier molecular flexibility index (Phi) is 12.9. The van der Waals surface area contributed by atoms with Crippen LogP contribution in [0.2, 0.25) is 10.0 Å². The van der Waals surface area contributed by atoms with E-state index in [4.69, 9.17) is 23.2 Å². The van der Waals surface area contributed by atoms with Crippen LogP contribution in [0.1, 0.15) is 26.5 Å². The molecule has 5 aromatic carbocycles. The van der Waals surface area contributed by atoms with Gasteiger partial charge in [0.25, 0.3) is 17.7 Å². The van der Waals surface area contributed by atoms with E-state index in [9.17, 15) is 28.0 Å². The predicted octanol–water partition coefficient (Wildman–Crippen LogP) is 7.76. The van der Waals surface area contributed by atoms with Gasteiger partial charge in [0.1, 0.15) is 17.2 Å². The number of aryl methyl sites for hydroxylation is 2. The number of aromatic nitrogens is 10. The third-order valence-corrected chi connectivity index (χ3v) is 10.7. The smallest absolute Gasteiger partial charge is 0.272 e. The van der Waals surface area contributed by atoms with Crippen molar-refractivity contribution < 1.29 is 28.0 Å². The third-order valence-electron chi connectivity index (χ3n) is 10.2. The molecule has 0 spiro atoms. The fourth-order valence-electron chi connectivity index (χ4n) is 7.20. The molecule has 9 aromatic rings. The van der Waals surface area contributed by atoms with Crippen molar-refractivity contribution in [3.05, 3.63) is 142 Å². The average molecular weight is 932 g/mol. The standard InChI is InChI=1S/C25H19ClFN7O2.C19H15ClFN7O2/c1-34-21(25(36)29-19-10-7-16(26)13-18(19)24-30-32-33-31-24)12-15-3-2-4-20(23(15)34)28-22(35)11-14-5-8-17(27)9-6-14;1-28-15(7-10-3-2-4-14(17(10)28)22-16(29)9-21)19(30)23-13-6-5-11(20)8-12(13)18-24-26-27-25-18/h2-10,12-13H,11H2,1H3,(H,28,35)(H,29,36)(H,30,31,32,33);2-8H,9H2,1H3,(H,22,29)(H,23,30)(H,24,25,26,27). The van der Waals surface area contributed by atoms with E-state index in [0.29, 0.717) is 83.6 Å². The first-order valence-electron chi connectivity index (χ1n) is 19.6. The molecule has 9 rings (SSSR count). The molecule has 332 valence electrons. The second-order valence-electron chi connectivity index (χ2n) is 14.5. The van der Waals surface area contributed by atoms with Gasteiger partial charge in [0.15, 0.2) is 18.3 Å². The number of nitrogens with one attached hydrogen (secondary N) is 6. The van der Waals surface area contributed by atoms with Gasteiger partial charge in [-0.25, -0.2) is 19.0 Å². The first-order valence-corrected chi connectivity index (χ1v) is 20.4. The van der Waals surface area contributed by atoms with E-state index in [0.717, 1.165) is 10.8 Å². The number of halogens is 4. The molecule has 4 aromatic heterocycles. The van der Waals surface area contributed by atoms with Crippen LogP contribution in [-0.2, 0) is 30.1 Å². The average Bonchev–Trinajstić information content (AvgIpc) is 4.15. The number of H-pyrrole nitrogens is 2. The van der Waals surface area contributed by atoms with Crippen molar-refractivity contribution in [3.8, 4) is 22.8 Å². The zero-order valence-electron chi connectivity index (χ0n) is 34.5. The maximum atomic E-state index is 13.3. The second-order valence-corrected chi connectivity index (χ2v) is 15.4. The monoisotopic (exact) mass is 930 g/mol. The van der Waals surface area contributed by atoms with Crippen LogP contribution in [0.25, 0.3) is 44.6 Å². The fourth-order valence-corrected chi connectivity index (χ4v) is 7.54. The highest BCUT2D eigenvalue weighted by atomic mass is 35.5. The van der Waals surface area contributed by atoms with Gasteiger partial charge in [-0.2, -0.15) is 0 Å². The van der Waals surface area contributed by atoms with Crippen molar-refractivity contribution in [1.82, 2.24) is 50.4 Å². The Labute approximate surface area is 381 Å². The minimum Gasteiger partial charge on any atom is -0.338 e. The van der Waals surface area contributed by atoms with E-state index in [1.54, 1.807) is 114 Å². The van der Waals surface area contributed by atoms with E-state index >= 15 is 0 Å². The van der Waals surface area contributed by atoms with E-state index < -0.39 is 18.5 Å². The summed E-state index contributed by atoms with van der Waals surface area (Å²) in [5.41, 5.74) is 5.65. The Hall–Kier alpha value is -8.36. The highest BCUT2D eigenvalue weighted by molar-refractivity contribution is 6.31. The first kappa shape index (κ1) is 44.3. The molecule has 0 saturated carbocycles. The van der Waals surface area contributed by atoms with Crippen LogP contribution in [0.3, 0.4) is 0 Å². The lowest BCUT2D eigenvalue weighted by Gasteiger charge is -2.12. The topological polar surface area (TPSA) is 235 Å². The molecule has 6 N–H and O–H groups in total. The quantitative estimate of drug-likeness (QED) is 0.0738. The van der Waals surface area contributed by atoms with Crippen molar-refractivity contribution in [2.24, 2.45) is 14.1 Å². The van der Waals surface area contributed by atoms with Gasteiger partial charge in [0.05, 0.1) is 40.2 Å². The lowest BCUT2D eigenvalue weighted by Crippen LogP contribution is -2.17. The number of rotatable bonds is 11. The summed E-state index contributed by atoms with van der Waals surface area (Å²) in [5, 5.41) is 40.9. The van der Waals surface area contributed by atoms with Gasteiger partial charge in [-0.15, -0.1) is 10.2 Å². The maximum absolute atomic E-state index is 13.3. The molecule has 0 aliphatic heterocycles. The van der Waals surface area contributed by atoms with E-state index in [-0.39, 0.29) is 24.1 Å². The zero-order valence-corrected chi connectivity index (χ0v) is 36.0. The van der Waals surface area contributed by atoms with Crippen molar-refractivity contribution in [2.45, 2.75) is 6.42 Å². The number of nitrogens with zero attached hydrogens (tertiary/aromatic N) is 8. The Bertz CT molecular complexity index is 3270. The molecule has 4 amide bonds. The fraction of sp³-hybridized carbons (Fsp3) is 0.0909. The minimum absolute atomic E-state index is 0.0876. The molecular weight excluding hydrogens is 897 g/mol. The van der Waals surface area contributed by atoms with Crippen LogP contribution in [-0.4, -0.2) is 80.7 Å². The SMILES string of the molecule is Cn1c(C(=O)Nc2ccc(Cl)cc2-c2nnn[nH]2)cc2cccc(NC(=O)CF)c21.Cn1c(C(=O)Nc2ccc(Cl)cc2-c2nnn[nH]2)cc2cccc(NC(=O)Cc3ccc(F)cc3)c21. The highest BCUT2D eigenvalue weighted by Gasteiger charge is 2.21. The first-order chi connectivity index (χ1) is 31.9. The molecular formula is C44H34Cl2F2N14O4. The number of carbonyl (C=O) groups excluding carboxylic acids is 4. The zero-order chi connectivity index (χ0) is 46.5.